The van der Waals surface area contributed by atoms with E-state index in [9.17, 15) is 9.59 Å². The van der Waals surface area contributed by atoms with Crippen molar-refractivity contribution in [3.8, 4) is 0 Å². The number of hydrogen-bond donors (Lipinski definition) is 1. The zero-order valence-corrected chi connectivity index (χ0v) is 10.3. The summed E-state index contributed by atoms with van der Waals surface area (Å²) in [6.45, 7) is 2.51. The maximum Gasteiger partial charge on any atom is 0.305 e. The van der Waals surface area contributed by atoms with Gasteiger partial charge in [0.2, 0.25) is 0 Å². The molecule has 1 aromatic rings. The molecule has 0 saturated carbocycles. The molecule has 1 N–H and O–H groups in total. The molecule has 0 spiro atoms. The van der Waals surface area contributed by atoms with Gasteiger partial charge in [0.05, 0.1) is 6.61 Å². The van der Waals surface area contributed by atoms with Crippen molar-refractivity contribution < 1.29 is 18.7 Å². The average Bonchev–Trinajstić information content (AvgIpc) is 2.71. The molecule has 0 saturated heterocycles. The molecule has 0 bridgehead atoms. The van der Waals surface area contributed by atoms with Crippen molar-refractivity contribution in [3.63, 3.8) is 0 Å². The fraction of sp³-hybridized carbons (Fsp3) is 0.455. The molecule has 1 rings (SSSR count). The van der Waals surface area contributed by atoms with E-state index in [4.69, 9.17) is 20.8 Å². The maximum atomic E-state index is 11.4. The lowest BCUT2D eigenvalue weighted by molar-refractivity contribution is -0.143. The minimum atomic E-state index is -0.347. The molecule has 17 heavy (non-hydrogen) atoms. The Labute approximate surface area is 104 Å². The predicted molar refractivity (Wildman–Crippen MR) is 61.9 cm³/mol. The van der Waals surface area contributed by atoms with Crippen LogP contribution in [0.15, 0.2) is 16.5 Å². The lowest BCUT2D eigenvalue weighted by Gasteiger charge is -2.03. The fourth-order valence-electron chi connectivity index (χ4n) is 1.19. The fourth-order valence-corrected chi connectivity index (χ4v) is 1.34. The van der Waals surface area contributed by atoms with Crippen LogP contribution < -0.4 is 5.32 Å². The Hall–Kier alpha value is -1.49. The zero-order valence-electron chi connectivity index (χ0n) is 9.49. The number of hydrogen-bond acceptors (Lipinski definition) is 4. The highest BCUT2D eigenvalue weighted by atomic mass is 35.5. The summed E-state index contributed by atoms with van der Waals surface area (Å²) in [5, 5.41) is 2.78. The van der Waals surface area contributed by atoms with Crippen molar-refractivity contribution in [3.05, 3.63) is 23.1 Å². The van der Waals surface area contributed by atoms with Crippen molar-refractivity contribution in [2.45, 2.75) is 19.8 Å². The summed E-state index contributed by atoms with van der Waals surface area (Å²) >= 11 is 5.53. The van der Waals surface area contributed by atoms with E-state index in [1.165, 1.54) is 12.1 Å². The van der Waals surface area contributed by atoms with Gasteiger partial charge in [0.1, 0.15) is 0 Å². The molecule has 0 unspecified atom stereocenters. The highest BCUT2D eigenvalue weighted by Gasteiger charge is 2.09. The third kappa shape index (κ3) is 4.91. The second-order valence-corrected chi connectivity index (χ2v) is 3.64. The van der Waals surface area contributed by atoms with Crippen LogP contribution in [-0.4, -0.2) is 25.0 Å². The van der Waals surface area contributed by atoms with Gasteiger partial charge in [0.15, 0.2) is 11.0 Å². The standard InChI is InChI=1S/C11H14ClNO4/c1-2-16-10(14)4-3-7-13-11(15)8-5-6-9(12)17-8/h5-6H,2-4,7H2,1H3,(H,13,15). The molecular weight excluding hydrogens is 246 g/mol. The third-order valence-electron chi connectivity index (χ3n) is 1.95. The lowest BCUT2D eigenvalue weighted by atomic mass is 10.3. The molecule has 6 heteroatoms. The second kappa shape index (κ2) is 6.96. The van der Waals surface area contributed by atoms with Gasteiger partial charge in [0, 0.05) is 13.0 Å². The monoisotopic (exact) mass is 259 g/mol. The number of furan rings is 1. The van der Waals surface area contributed by atoms with Crippen LogP contribution in [0.25, 0.3) is 0 Å². The maximum absolute atomic E-state index is 11.4. The summed E-state index contributed by atoms with van der Waals surface area (Å²) in [4.78, 5) is 22.4. The molecule has 0 aromatic carbocycles. The Morgan fingerprint density at radius 2 is 2.24 bits per heavy atom. The Morgan fingerprint density at radius 1 is 1.47 bits per heavy atom. The molecule has 0 atom stereocenters. The van der Waals surface area contributed by atoms with Gasteiger partial charge in [-0.15, -0.1) is 0 Å². The van der Waals surface area contributed by atoms with Gasteiger partial charge in [-0.3, -0.25) is 9.59 Å². The summed E-state index contributed by atoms with van der Waals surface area (Å²) in [7, 11) is 0. The summed E-state index contributed by atoms with van der Waals surface area (Å²) in [6.07, 6.45) is 0.812. The molecule has 5 nitrogen and oxygen atoms in total. The summed E-state index contributed by atoms with van der Waals surface area (Å²) < 4.78 is 9.67. The molecular formula is C11H14ClNO4. The highest BCUT2D eigenvalue weighted by Crippen LogP contribution is 2.12. The van der Waals surface area contributed by atoms with Crippen LogP contribution in [0.2, 0.25) is 5.22 Å². The van der Waals surface area contributed by atoms with Crippen LogP contribution >= 0.6 is 11.6 Å². The molecule has 0 aliphatic carbocycles. The van der Waals surface area contributed by atoms with Gasteiger partial charge in [-0.1, -0.05) is 0 Å². The number of nitrogens with one attached hydrogen (secondary N) is 1. The Kier molecular flexibility index (Phi) is 5.56. The summed E-state index contributed by atoms with van der Waals surface area (Å²) in [6, 6.07) is 2.98. The third-order valence-corrected chi connectivity index (χ3v) is 2.15. The van der Waals surface area contributed by atoms with Crippen LogP contribution in [0, 0.1) is 0 Å². The van der Waals surface area contributed by atoms with Crippen LogP contribution in [0.1, 0.15) is 30.3 Å². The van der Waals surface area contributed by atoms with Gasteiger partial charge in [-0.25, -0.2) is 0 Å². The Balaban J connectivity index is 2.19. The number of rotatable bonds is 6. The molecule has 0 aliphatic rings. The summed E-state index contributed by atoms with van der Waals surface area (Å²) in [5.74, 6) is -0.449. The van der Waals surface area contributed by atoms with Gasteiger partial charge in [0.25, 0.3) is 5.91 Å². The van der Waals surface area contributed by atoms with E-state index < -0.39 is 0 Å². The first-order valence-electron chi connectivity index (χ1n) is 5.32. The zero-order chi connectivity index (χ0) is 12.7. The number of amides is 1. The molecule has 1 amide bonds. The van der Waals surface area contributed by atoms with Gasteiger partial charge in [-0.05, 0) is 37.1 Å². The van der Waals surface area contributed by atoms with E-state index in [2.05, 4.69) is 5.32 Å². The first kappa shape index (κ1) is 13.6. The van der Waals surface area contributed by atoms with Crippen molar-refractivity contribution in [2.24, 2.45) is 0 Å². The van der Waals surface area contributed by atoms with Gasteiger partial charge >= 0.3 is 5.97 Å². The molecule has 94 valence electrons. The predicted octanol–water partition coefficient (Wildman–Crippen LogP) is 2.01. The largest absolute Gasteiger partial charge is 0.466 e. The van der Waals surface area contributed by atoms with E-state index in [1.54, 1.807) is 6.92 Å². The van der Waals surface area contributed by atoms with E-state index in [0.717, 1.165) is 0 Å². The van der Waals surface area contributed by atoms with Crippen LogP contribution in [0.3, 0.4) is 0 Å². The molecule has 0 radical (unpaired) electrons. The SMILES string of the molecule is CCOC(=O)CCCNC(=O)c1ccc(Cl)o1. The summed E-state index contributed by atoms with van der Waals surface area (Å²) in [5.41, 5.74) is 0. The van der Waals surface area contributed by atoms with Crippen molar-refractivity contribution in [1.82, 2.24) is 5.32 Å². The van der Waals surface area contributed by atoms with Crippen molar-refractivity contribution in [1.29, 1.82) is 0 Å². The van der Waals surface area contributed by atoms with Crippen molar-refractivity contribution >= 4 is 23.5 Å². The minimum absolute atomic E-state index is 0.158. The Bertz CT molecular complexity index is 389. The molecule has 0 fully saturated rings. The average molecular weight is 260 g/mol. The quantitative estimate of drug-likeness (QED) is 0.627. The van der Waals surface area contributed by atoms with E-state index in [1.807, 2.05) is 0 Å². The first-order chi connectivity index (χ1) is 8.13. The van der Waals surface area contributed by atoms with E-state index in [-0.39, 0.29) is 29.3 Å². The van der Waals surface area contributed by atoms with Crippen LogP contribution in [0.5, 0.6) is 0 Å². The molecule has 1 aromatic heterocycles. The highest BCUT2D eigenvalue weighted by molar-refractivity contribution is 6.29. The Morgan fingerprint density at radius 3 is 2.82 bits per heavy atom. The molecule has 0 aliphatic heterocycles. The normalized spacial score (nSPS) is 10.0. The van der Waals surface area contributed by atoms with Gasteiger partial charge in [-0.2, -0.15) is 0 Å². The number of carbonyl (C=O) groups excluding carboxylic acids is 2. The molecule has 1 heterocycles. The van der Waals surface area contributed by atoms with Crippen LogP contribution in [0.4, 0.5) is 0 Å². The van der Waals surface area contributed by atoms with Gasteiger partial charge < -0.3 is 14.5 Å². The van der Waals surface area contributed by atoms with Crippen molar-refractivity contribution in [2.75, 3.05) is 13.2 Å². The topological polar surface area (TPSA) is 68.5 Å². The number of esters is 1. The lowest BCUT2D eigenvalue weighted by Crippen LogP contribution is -2.24. The number of halogens is 1. The van der Waals surface area contributed by atoms with Crippen LogP contribution in [-0.2, 0) is 9.53 Å². The minimum Gasteiger partial charge on any atom is -0.466 e. The first-order valence-corrected chi connectivity index (χ1v) is 5.70. The number of ether oxygens (including phenoxy) is 1. The second-order valence-electron chi connectivity index (χ2n) is 3.27. The van der Waals surface area contributed by atoms with E-state index in [0.29, 0.717) is 19.6 Å². The van der Waals surface area contributed by atoms with E-state index >= 15 is 0 Å². The smallest absolute Gasteiger partial charge is 0.305 e. The number of carbonyl (C=O) groups is 2.